The molecule has 0 bridgehead atoms. The molecule has 0 unspecified atom stereocenters. The van der Waals surface area contributed by atoms with Crippen LogP contribution in [0.15, 0.2) is 40.2 Å². The zero-order valence-corrected chi connectivity index (χ0v) is 14.6. The van der Waals surface area contributed by atoms with E-state index in [2.05, 4.69) is 9.97 Å². The van der Waals surface area contributed by atoms with E-state index in [4.69, 9.17) is 0 Å². The first kappa shape index (κ1) is 16.1. The summed E-state index contributed by atoms with van der Waals surface area (Å²) in [6.07, 6.45) is 1.42. The van der Waals surface area contributed by atoms with Crippen LogP contribution in [0.5, 0.6) is 0 Å². The first-order chi connectivity index (χ1) is 12.4. The summed E-state index contributed by atoms with van der Waals surface area (Å²) in [6.45, 7) is 1.81. The standard InChI is InChI=1S/C18H17N5O3/c1-10-14(11-6-4-5-7-12(11)20-10)13(24)8-23-9-19-16-15(23)17(25)22(3)18(26)21(16)2/h4-7,9,20H,8H2,1-3H3. The van der Waals surface area contributed by atoms with Gasteiger partial charge in [0.15, 0.2) is 16.9 Å². The highest BCUT2D eigenvalue weighted by atomic mass is 16.2. The number of nitrogens with one attached hydrogen (secondary N) is 1. The predicted molar refractivity (Wildman–Crippen MR) is 97.6 cm³/mol. The van der Waals surface area contributed by atoms with E-state index in [1.807, 2.05) is 31.2 Å². The highest BCUT2D eigenvalue weighted by Crippen LogP contribution is 2.23. The first-order valence-corrected chi connectivity index (χ1v) is 8.11. The van der Waals surface area contributed by atoms with Crippen molar-refractivity contribution < 1.29 is 4.79 Å². The Balaban J connectivity index is 1.85. The fourth-order valence-electron chi connectivity index (χ4n) is 3.39. The van der Waals surface area contributed by atoms with Gasteiger partial charge in [0.25, 0.3) is 5.56 Å². The Morgan fingerprint density at radius 1 is 1.15 bits per heavy atom. The molecule has 0 aliphatic heterocycles. The minimum Gasteiger partial charge on any atom is -0.358 e. The number of nitrogens with zero attached hydrogens (tertiary/aromatic N) is 4. The van der Waals surface area contributed by atoms with Crippen molar-refractivity contribution in [2.75, 3.05) is 0 Å². The lowest BCUT2D eigenvalue weighted by molar-refractivity contribution is 0.0974. The number of aryl methyl sites for hydroxylation is 2. The molecule has 0 fully saturated rings. The molecule has 0 spiro atoms. The van der Waals surface area contributed by atoms with E-state index in [9.17, 15) is 14.4 Å². The maximum Gasteiger partial charge on any atom is 0.332 e. The lowest BCUT2D eigenvalue weighted by Gasteiger charge is -2.06. The third-order valence-corrected chi connectivity index (χ3v) is 4.70. The third kappa shape index (κ3) is 2.15. The summed E-state index contributed by atoms with van der Waals surface area (Å²) in [5, 5.41) is 0.847. The number of carbonyl (C=O) groups excluding carboxylic acids is 1. The number of aromatic amines is 1. The van der Waals surface area contributed by atoms with Crippen molar-refractivity contribution in [1.29, 1.82) is 0 Å². The van der Waals surface area contributed by atoms with Crippen LogP contribution in [0.2, 0.25) is 0 Å². The molecule has 8 heteroatoms. The molecule has 0 saturated heterocycles. The van der Waals surface area contributed by atoms with Crippen LogP contribution in [0.3, 0.4) is 0 Å². The Bertz CT molecular complexity index is 1300. The Kier molecular flexibility index (Phi) is 3.43. The number of fused-ring (bicyclic) bond motifs is 2. The lowest BCUT2D eigenvalue weighted by Crippen LogP contribution is -2.37. The summed E-state index contributed by atoms with van der Waals surface area (Å²) in [6, 6.07) is 7.59. The molecule has 4 rings (SSSR count). The van der Waals surface area contributed by atoms with Crippen molar-refractivity contribution >= 4 is 27.9 Å². The van der Waals surface area contributed by atoms with Gasteiger partial charge in [0.2, 0.25) is 0 Å². The van der Waals surface area contributed by atoms with Crippen molar-refractivity contribution in [2.24, 2.45) is 14.1 Å². The molecule has 1 N–H and O–H groups in total. The van der Waals surface area contributed by atoms with E-state index in [1.165, 1.54) is 22.5 Å². The number of para-hydroxylation sites is 1. The van der Waals surface area contributed by atoms with E-state index in [0.29, 0.717) is 5.56 Å². The van der Waals surface area contributed by atoms with Gasteiger partial charge in [-0.05, 0) is 13.0 Å². The number of Topliss-reactive ketones (excluding diaryl/α,β-unsaturated/α-hetero) is 1. The fraction of sp³-hybridized carbons (Fsp3) is 0.222. The molecular formula is C18H17N5O3. The molecular weight excluding hydrogens is 334 g/mol. The third-order valence-electron chi connectivity index (χ3n) is 4.70. The fourth-order valence-corrected chi connectivity index (χ4v) is 3.39. The van der Waals surface area contributed by atoms with E-state index >= 15 is 0 Å². The van der Waals surface area contributed by atoms with Crippen LogP contribution >= 0.6 is 0 Å². The Morgan fingerprint density at radius 3 is 2.65 bits per heavy atom. The van der Waals surface area contributed by atoms with Crippen molar-refractivity contribution in [3.8, 4) is 0 Å². The van der Waals surface area contributed by atoms with Crippen molar-refractivity contribution in [3.63, 3.8) is 0 Å². The van der Waals surface area contributed by atoms with Gasteiger partial charge in [-0.2, -0.15) is 0 Å². The maximum atomic E-state index is 13.0. The van der Waals surface area contributed by atoms with Crippen molar-refractivity contribution in [3.05, 3.63) is 62.7 Å². The van der Waals surface area contributed by atoms with Gasteiger partial charge in [-0.25, -0.2) is 9.78 Å². The highest BCUT2D eigenvalue weighted by molar-refractivity contribution is 6.09. The summed E-state index contributed by atoms with van der Waals surface area (Å²) >= 11 is 0. The van der Waals surface area contributed by atoms with E-state index in [-0.39, 0.29) is 23.5 Å². The molecule has 3 aromatic heterocycles. The number of aromatic nitrogens is 5. The summed E-state index contributed by atoms with van der Waals surface area (Å²) in [4.78, 5) is 44.8. The molecule has 8 nitrogen and oxygen atoms in total. The van der Waals surface area contributed by atoms with E-state index in [1.54, 1.807) is 7.05 Å². The minimum absolute atomic E-state index is 0.0351. The molecule has 0 aliphatic carbocycles. The highest BCUT2D eigenvalue weighted by Gasteiger charge is 2.19. The van der Waals surface area contributed by atoms with Crippen LogP contribution in [-0.4, -0.2) is 29.5 Å². The van der Waals surface area contributed by atoms with Gasteiger partial charge >= 0.3 is 5.69 Å². The zero-order valence-electron chi connectivity index (χ0n) is 14.6. The zero-order chi connectivity index (χ0) is 18.6. The average molecular weight is 351 g/mol. The molecule has 0 amide bonds. The van der Waals surface area contributed by atoms with E-state index in [0.717, 1.165) is 21.2 Å². The maximum absolute atomic E-state index is 13.0. The smallest absolute Gasteiger partial charge is 0.332 e. The second-order valence-electron chi connectivity index (χ2n) is 6.34. The molecule has 0 radical (unpaired) electrons. The minimum atomic E-state index is -0.468. The first-order valence-electron chi connectivity index (χ1n) is 8.11. The molecule has 4 aromatic rings. The van der Waals surface area contributed by atoms with Crippen LogP contribution in [-0.2, 0) is 20.6 Å². The Labute approximate surface area is 147 Å². The predicted octanol–water partition coefficient (Wildman–Crippen LogP) is 1.11. The van der Waals surface area contributed by atoms with Crippen LogP contribution < -0.4 is 11.2 Å². The topological polar surface area (TPSA) is 94.7 Å². The number of benzene rings is 1. The van der Waals surface area contributed by atoms with Gasteiger partial charge in [0.05, 0.1) is 12.9 Å². The summed E-state index contributed by atoms with van der Waals surface area (Å²) in [7, 11) is 2.96. The summed E-state index contributed by atoms with van der Waals surface area (Å²) < 4.78 is 3.82. The quantitative estimate of drug-likeness (QED) is 0.559. The normalized spacial score (nSPS) is 11.5. The number of H-pyrrole nitrogens is 1. The molecule has 26 heavy (non-hydrogen) atoms. The number of hydrogen-bond acceptors (Lipinski definition) is 4. The van der Waals surface area contributed by atoms with Gasteiger partial charge < -0.3 is 9.55 Å². The van der Waals surface area contributed by atoms with Gasteiger partial charge in [0.1, 0.15) is 0 Å². The summed E-state index contributed by atoms with van der Waals surface area (Å²) in [5.74, 6) is -0.129. The van der Waals surface area contributed by atoms with Gasteiger partial charge in [-0.15, -0.1) is 0 Å². The van der Waals surface area contributed by atoms with E-state index < -0.39 is 11.2 Å². The van der Waals surface area contributed by atoms with Gasteiger partial charge in [0, 0.05) is 36.3 Å². The number of imidazole rings is 1. The molecule has 0 aliphatic rings. The Hall–Kier alpha value is -3.42. The summed E-state index contributed by atoms with van der Waals surface area (Å²) in [5.41, 5.74) is 1.85. The van der Waals surface area contributed by atoms with Crippen LogP contribution in [0.4, 0.5) is 0 Å². The molecule has 0 atom stereocenters. The molecule has 132 valence electrons. The van der Waals surface area contributed by atoms with Crippen LogP contribution in [0, 0.1) is 6.92 Å². The van der Waals surface area contributed by atoms with Crippen molar-refractivity contribution in [2.45, 2.75) is 13.5 Å². The number of hydrogen-bond donors (Lipinski definition) is 1. The second kappa shape index (κ2) is 5.55. The second-order valence-corrected chi connectivity index (χ2v) is 6.34. The Morgan fingerprint density at radius 2 is 1.88 bits per heavy atom. The van der Waals surface area contributed by atoms with Crippen LogP contribution in [0.25, 0.3) is 22.1 Å². The molecule has 0 saturated carbocycles. The van der Waals surface area contributed by atoms with Crippen LogP contribution in [0.1, 0.15) is 16.1 Å². The average Bonchev–Trinajstić information content (AvgIpc) is 3.18. The largest absolute Gasteiger partial charge is 0.358 e. The number of carbonyl (C=O) groups is 1. The van der Waals surface area contributed by atoms with Gasteiger partial charge in [-0.1, -0.05) is 18.2 Å². The monoisotopic (exact) mass is 351 g/mol. The number of rotatable bonds is 3. The molecule has 1 aromatic carbocycles. The lowest BCUT2D eigenvalue weighted by atomic mass is 10.1. The van der Waals surface area contributed by atoms with Crippen molar-refractivity contribution in [1.82, 2.24) is 23.7 Å². The SMILES string of the molecule is Cc1[nH]c2ccccc2c1C(=O)Cn1cnc2c1c(=O)n(C)c(=O)n2C. The number of ketones is 1. The molecule has 3 heterocycles. The van der Waals surface area contributed by atoms with Gasteiger partial charge in [-0.3, -0.25) is 18.7 Å².